The molecule has 0 amide bonds. The van der Waals surface area contributed by atoms with Crippen molar-refractivity contribution in [1.82, 2.24) is 5.32 Å². The van der Waals surface area contributed by atoms with E-state index in [1.54, 1.807) is 12.1 Å². The first-order valence-electron chi connectivity index (χ1n) is 4.20. The number of nitrogens with one attached hydrogen (secondary N) is 1. The second-order valence-electron chi connectivity index (χ2n) is 2.82. The minimum Gasteiger partial charge on any atom is -0.287 e. The molecule has 2 nitrogen and oxygen atoms in total. The van der Waals surface area contributed by atoms with Gasteiger partial charge in [0.05, 0.1) is 17.1 Å². The number of terminal acetylenes is 1. The van der Waals surface area contributed by atoms with E-state index in [-0.39, 0.29) is 5.82 Å². The van der Waals surface area contributed by atoms with Crippen LogP contribution in [0.5, 0.6) is 0 Å². The van der Waals surface area contributed by atoms with Gasteiger partial charge in [-0.2, -0.15) is 5.26 Å². The molecule has 0 fully saturated rings. The molecular weight excluding hydrogens is 259 g/mol. The van der Waals surface area contributed by atoms with Gasteiger partial charge in [0.2, 0.25) is 0 Å². The second-order valence-corrected chi connectivity index (χ2v) is 3.68. The van der Waals surface area contributed by atoms with Crippen LogP contribution in [0.4, 0.5) is 4.39 Å². The van der Waals surface area contributed by atoms with Crippen molar-refractivity contribution < 1.29 is 4.39 Å². The van der Waals surface area contributed by atoms with Gasteiger partial charge in [-0.15, -0.1) is 6.42 Å². The summed E-state index contributed by atoms with van der Waals surface area (Å²) in [6.07, 6.45) is 5.07. The Bertz CT molecular complexity index is 431. The minimum atomic E-state index is -0.516. The third kappa shape index (κ3) is 3.06. The fourth-order valence-corrected chi connectivity index (χ4v) is 1.49. The van der Waals surface area contributed by atoms with Crippen molar-refractivity contribution in [2.24, 2.45) is 0 Å². The van der Waals surface area contributed by atoms with Crippen molar-refractivity contribution in [2.45, 2.75) is 6.04 Å². The van der Waals surface area contributed by atoms with Crippen LogP contribution in [0.3, 0.4) is 0 Å². The molecular formula is C11H8BrFN2. The van der Waals surface area contributed by atoms with Crippen LogP contribution >= 0.6 is 15.9 Å². The van der Waals surface area contributed by atoms with Crippen LogP contribution in [0.1, 0.15) is 11.6 Å². The van der Waals surface area contributed by atoms with Crippen molar-refractivity contribution in [1.29, 1.82) is 5.26 Å². The third-order valence-electron chi connectivity index (χ3n) is 1.81. The van der Waals surface area contributed by atoms with E-state index < -0.39 is 6.04 Å². The van der Waals surface area contributed by atoms with Crippen molar-refractivity contribution in [3.63, 3.8) is 0 Å². The Labute approximate surface area is 96.2 Å². The SMILES string of the molecule is C#CCNC(C#N)c1ccc(F)c(Br)c1. The molecule has 0 aliphatic rings. The Balaban J connectivity index is 2.89. The fourth-order valence-electron chi connectivity index (χ4n) is 1.09. The van der Waals surface area contributed by atoms with Gasteiger partial charge < -0.3 is 0 Å². The zero-order valence-electron chi connectivity index (χ0n) is 7.80. The quantitative estimate of drug-likeness (QED) is 0.853. The van der Waals surface area contributed by atoms with Crippen molar-refractivity contribution in [3.05, 3.63) is 34.1 Å². The molecule has 0 aliphatic carbocycles. The maximum atomic E-state index is 12.9. The largest absolute Gasteiger partial charge is 0.287 e. The predicted molar refractivity (Wildman–Crippen MR) is 59.3 cm³/mol. The summed E-state index contributed by atoms with van der Waals surface area (Å²) in [6.45, 7) is 0.299. The first-order chi connectivity index (χ1) is 7.19. The summed E-state index contributed by atoms with van der Waals surface area (Å²) in [5, 5.41) is 11.7. The van der Waals surface area contributed by atoms with Gasteiger partial charge in [0, 0.05) is 0 Å². The molecule has 0 spiro atoms. The summed E-state index contributed by atoms with van der Waals surface area (Å²) < 4.78 is 13.3. The molecule has 0 saturated heterocycles. The Morgan fingerprint density at radius 3 is 2.87 bits per heavy atom. The number of hydrogen-bond acceptors (Lipinski definition) is 2. The van der Waals surface area contributed by atoms with Gasteiger partial charge >= 0.3 is 0 Å². The number of halogens is 2. The van der Waals surface area contributed by atoms with Gasteiger partial charge in [-0.05, 0) is 33.6 Å². The summed E-state index contributed by atoms with van der Waals surface area (Å²) in [4.78, 5) is 0. The van der Waals surface area contributed by atoms with E-state index in [0.29, 0.717) is 16.6 Å². The molecule has 0 saturated carbocycles. The van der Waals surface area contributed by atoms with E-state index in [4.69, 9.17) is 11.7 Å². The molecule has 1 N–H and O–H groups in total. The standard InChI is InChI=1S/C11H8BrFN2/c1-2-5-15-11(7-14)8-3-4-10(13)9(12)6-8/h1,3-4,6,11,15H,5H2. The highest BCUT2D eigenvalue weighted by molar-refractivity contribution is 9.10. The smallest absolute Gasteiger partial charge is 0.137 e. The van der Waals surface area contributed by atoms with Crippen molar-refractivity contribution in [2.75, 3.05) is 6.54 Å². The molecule has 1 aromatic rings. The lowest BCUT2D eigenvalue weighted by atomic mass is 10.1. The number of hydrogen-bond donors (Lipinski definition) is 1. The molecule has 76 valence electrons. The highest BCUT2D eigenvalue weighted by atomic mass is 79.9. The first kappa shape index (κ1) is 11.7. The van der Waals surface area contributed by atoms with Gasteiger partial charge in [0.15, 0.2) is 0 Å². The van der Waals surface area contributed by atoms with Gasteiger partial charge in [-0.1, -0.05) is 12.0 Å². The molecule has 0 radical (unpaired) electrons. The molecule has 1 rings (SSSR count). The molecule has 0 bridgehead atoms. The molecule has 1 aromatic carbocycles. The van der Waals surface area contributed by atoms with Crippen molar-refractivity contribution >= 4 is 15.9 Å². The number of benzene rings is 1. The van der Waals surface area contributed by atoms with Crippen LogP contribution in [0, 0.1) is 29.5 Å². The van der Waals surface area contributed by atoms with E-state index in [9.17, 15) is 4.39 Å². The normalized spacial score (nSPS) is 11.5. The van der Waals surface area contributed by atoms with E-state index in [1.165, 1.54) is 6.07 Å². The molecule has 15 heavy (non-hydrogen) atoms. The van der Waals surface area contributed by atoms with E-state index in [0.717, 1.165) is 0 Å². The van der Waals surface area contributed by atoms with Crippen LogP contribution in [0.2, 0.25) is 0 Å². The summed E-state index contributed by atoms with van der Waals surface area (Å²) in [5.74, 6) is 2.03. The summed E-state index contributed by atoms with van der Waals surface area (Å²) in [6, 6.07) is 5.96. The number of nitriles is 1. The first-order valence-corrected chi connectivity index (χ1v) is 4.99. The van der Waals surface area contributed by atoms with Gasteiger partial charge in [0.1, 0.15) is 11.9 Å². The molecule has 4 heteroatoms. The fraction of sp³-hybridized carbons (Fsp3) is 0.182. The number of nitrogens with zero attached hydrogens (tertiary/aromatic N) is 1. The Hall–Kier alpha value is -1.36. The number of rotatable bonds is 3. The van der Waals surface area contributed by atoms with Gasteiger partial charge in [-0.3, -0.25) is 5.32 Å². The Kier molecular flexibility index (Phi) is 4.30. The van der Waals surface area contributed by atoms with Gasteiger partial charge in [-0.25, -0.2) is 4.39 Å². The topological polar surface area (TPSA) is 35.8 Å². The highest BCUT2D eigenvalue weighted by Crippen LogP contribution is 2.20. The Morgan fingerprint density at radius 1 is 1.60 bits per heavy atom. The average Bonchev–Trinajstić information content (AvgIpc) is 2.24. The molecule has 0 aliphatic heterocycles. The lowest BCUT2D eigenvalue weighted by Gasteiger charge is -2.09. The van der Waals surface area contributed by atoms with E-state index in [2.05, 4.69) is 27.2 Å². The van der Waals surface area contributed by atoms with E-state index in [1.807, 2.05) is 6.07 Å². The molecule has 1 unspecified atom stereocenters. The van der Waals surface area contributed by atoms with Crippen LogP contribution in [-0.2, 0) is 0 Å². The lowest BCUT2D eigenvalue weighted by molar-refractivity contribution is 0.617. The van der Waals surface area contributed by atoms with Crippen LogP contribution in [-0.4, -0.2) is 6.54 Å². The molecule has 1 atom stereocenters. The molecule has 0 heterocycles. The van der Waals surface area contributed by atoms with Crippen LogP contribution in [0.15, 0.2) is 22.7 Å². The zero-order chi connectivity index (χ0) is 11.3. The molecule has 0 aromatic heterocycles. The maximum absolute atomic E-state index is 12.9. The minimum absolute atomic E-state index is 0.299. The van der Waals surface area contributed by atoms with Crippen LogP contribution < -0.4 is 5.32 Å². The summed E-state index contributed by atoms with van der Waals surface area (Å²) in [7, 11) is 0. The third-order valence-corrected chi connectivity index (χ3v) is 2.42. The van der Waals surface area contributed by atoms with Crippen LogP contribution in [0.25, 0.3) is 0 Å². The Morgan fingerprint density at radius 2 is 2.33 bits per heavy atom. The van der Waals surface area contributed by atoms with Gasteiger partial charge in [0.25, 0.3) is 0 Å². The highest BCUT2D eigenvalue weighted by Gasteiger charge is 2.10. The second kappa shape index (κ2) is 5.50. The van der Waals surface area contributed by atoms with E-state index >= 15 is 0 Å². The van der Waals surface area contributed by atoms with Crippen molar-refractivity contribution in [3.8, 4) is 18.4 Å². The predicted octanol–water partition coefficient (Wildman–Crippen LogP) is 2.38. The average molecular weight is 267 g/mol. The summed E-state index contributed by atoms with van der Waals surface area (Å²) >= 11 is 3.06. The maximum Gasteiger partial charge on any atom is 0.137 e. The summed E-state index contributed by atoms with van der Waals surface area (Å²) in [5.41, 5.74) is 0.682. The lowest BCUT2D eigenvalue weighted by Crippen LogP contribution is -2.20. The zero-order valence-corrected chi connectivity index (χ0v) is 9.38. The monoisotopic (exact) mass is 266 g/mol.